The lowest BCUT2D eigenvalue weighted by molar-refractivity contribution is -0.142. The van der Waals surface area contributed by atoms with Crippen LogP contribution < -0.4 is 0 Å². The fourth-order valence-corrected chi connectivity index (χ4v) is 2.58. The van der Waals surface area contributed by atoms with E-state index in [9.17, 15) is 4.79 Å². The van der Waals surface area contributed by atoms with E-state index in [4.69, 9.17) is 10.00 Å². The summed E-state index contributed by atoms with van der Waals surface area (Å²) in [5, 5.41) is 8.86. The summed E-state index contributed by atoms with van der Waals surface area (Å²) in [6.07, 6.45) is 2.27. The van der Waals surface area contributed by atoms with Gasteiger partial charge in [0.25, 0.3) is 0 Å². The van der Waals surface area contributed by atoms with Crippen molar-refractivity contribution in [1.29, 1.82) is 5.26 Å². The van der Waals surface area contributed by atoms with Gasteiger partial charge in [-0.1, -0.05) is 13.0 Å². The standard InChI is InChI=1S/C14H15NO2/c1-14(8-13(16)17-2)6-5-11-7-10(9-15)3-4-12(11)14/h3-4,7H,5-6,8H2,1-2H3/t14-/m1/s1. The van der Waals surface area contributed by atoms with Crippen molar-refractivity contribution in [2.45, 2.75) is 31.6 Å². The topological polar surface area (TPSA) is 50.1 Å². The largest absolute Gasteiger partial charge is 0.469 e. The predicted molar refractivity (Wildman–Crippen MR) is 63.5 cm³/mol. The Kier molecular flexibility index (Phi) is 2.89. The molecule has 0 bridgehead atoms. The Morgan fingerprint density at radius 1 is 1.59 bits per heavy atom. The van der Waals surface area contributed by atoms with Crippen LogP contribution in [0.25, 0.3) is 0 Å². The van der Waals surface area contributed by atoms with Crippen molar-refractivity contribution < 1.29 is 9.53 Å². The van der Waals surface area contributed by atoms with Crippen LogP contribution >= 0.6 is 0 Å². The summed E-state index contributed by atoms with van der Waals surface area (Å²) in [6, 6.07) is 7.87. The fraction of sp³-hybridized carbons (Fsp3) is 0.429. The Hall–Kier alpha value is -1.82. The highest BCUT2D eigenvalue weighted by Crippen LogP contribution is 2.41. The van der Waals surface area contributed by atoms with E-state index >= 15 is 0 Å². The minimum atomic E-state index is -0.176. The maximum atomic E-state index is 11.4. The summed E-state index contributed by atoms with van der Waals surface area (Å²) in [5.74, 6) is -0.176. The molecule has 1 aliphatic carbocycles. The number of esters is 1. The molecule has 0 heterocycles. The van der Waals surface area contributed by atoms with Gasteiger partial charge in [0.2, 0.25) is 0 Å². The zero-order valence-electron chi connectivity index (χ0n) is 10.1. The summed E-state index contributed by atoms with van der Waals surface area (Å²) in [5.41, 5.74) is 2.92. The molecule has 3 heteroatoms. The molecule has 0 fully saturated rings. The highest BCUT2D eigenvalue weighted by atomic mass is 16.5. The zero-order chi connectivity index (χ0) is 12.5. The van der Waals surface area contributed by atoms with Crippen LogP contribution in [0.1, 0.15) is 36.5 Å². The summed E-state index contributed by atoms with van der Waals surface area (Å²) in [6.45, 7) is 2.09. The highest BCUT2D eigenvalue weighted by molar-refractivity contribution is 5.71. The van der Waals surface area contributed by atoms with Gasteiger partial charge in [-0.15, -0.1) is 0 Å². The van der Waals surface area contributed by atoms with Crippen molar-refractivity contribution in [3.05, 3.63) is 34.9 Å². The number of nitrogens with zero attached hydrogens (tertiary/aromatic N) is 1. The number of carbonyl (C=O) groups excluding carboxylic acids is 1. The van der Waals surface area contributed by atoms with Crippen molar-refractivity contribution in [2.24, 2.45) is 0 Å². The van der Waals surface area contributed by atoms with Gasteiger partial charge in [-0.3, -0.25) is 4.79 Å². The summed E-state index contributed by atoms with van der Waals surface area (Å²) < 4.78 is 4.75. The van der Waals surface area contributed by atoms with Gasteiger partial charge < -0.3 is 4.74 Å². The lowest BCUT2D eigenvalue weighted by Crippen LogP contribution is -2.23. The van der Waals surface area contributed by atoms with Gasteiger partial charge in [-0.05, 0) is 36.1 Å². The van der Waals surface area contributed by atoms with Crippen LogP contribution in [0.2, 0.25) is 0 Å². The molecule has 1 aliphatic rings. The van der Waals surface area contributed by atoms with E-state index in [-0.39, 0.29) is 11.4 Å². The number of ether oxygens (including phenoxy) is 1. The molecular weight excluding hydrogens is 214 g/mol. The number of hydrogen-bond acceptors (Lipinski definition) is 3. The van der Waals surface area contributed by atoms with E-state index in [1.807, 2.05) is 18.2 Å². The van der Waals surface area contributed by atoms with Crippen LogP contribution in [0.5, 0.6) is 0 Å². The molecule has 1 aromatic rings. The first kappa shape index (κ1) is 11.7. The van der Waals surface area contributed by atoms with Crippen LogP contribution in [0, 0.1) is 11.3 Å². The second kappa shape index (κ2) is 4.21. The summed E-state index contributed by atoms with van der Waals surface area (Å²) in [7, 11) is 1.42. The van der Waals surface area contributed by atoms with Crippen molar-refractivity contribution in [1.82, 2.24) is 0 Å². The van der Waals surface area contributed by atoms with Crippen molar-refractivity contribution in [2.75, 3.05) is 7.11 Å². The Morgan fingerprint density at radius 2 is 2.35 bits per heavy atom. The Bertz CT molecular complexity index is 501. The molecule has 1 atom stereocenters. The van der Waals surface area contributed by atoms with E-state index in [2.05, 4.69) is 13.0 Å². The molecule has 88 valence electrons. The van der Waals surface area contributed by atoms with E-state index in [0.717, 1.165) is 12.8 Å². The lowest BCUT2D eigenvalue weighted by Gasteiger charge is -2.23. The maximum Gasteiger partial charge on any atom is 0.306 e. The third-order valence-electron chi connectivity index (χ3n) is 3.59. The molecule has 0 saturated heterocycles. The number of aryl methyl sites for hydroxylation is 1. The van der Waals surface area contributed by atoms with Crippen LogP contribution in [0.15, 0.2) is 18.2 Å². The number of nitriles is 1. The predicted octanol–water partition coefficient (Wildman–Crippen LogP) is 2.33. The van der Waals surface area contributed by atoms with Crippen LogP contribution in [-0.4, -0.2) is 13.1 Å². The first-order chi connectivity index (χ1) is 8.09. The van der Waals surface area contributed by atoms with Crippen molar-refractivity contribution in [3.8, 4) is 6.07 Å². The number of hydrogen-bond donors (Lipinski definition) is 0. The van der Waals surface area contributed by atoms with Gasteiger partial charge in [0, 0.05) is 5.41 Å². The molecule has 0 spiro atoms. The quantitative estimate of drug-likeness (QED) is 0.731. The smallest absolute Gasteiger partial charge is 0.306 e. The third-order valence-corrected chi connectivity index (χ3v) is 3.59. The molecule has 0 aliphatic heterocycles. The second-order valence-electron chi connectivity index (χ2n) is 4.80. The first-order valence-corrected chi connectivity index (χ1v) is 5.69. The highest BCUT2D eigenvalue weighted by Gasteiger charge is 2.36. The monoisotopic (exact) mass is 229 g/mol. The third kappa shape index (κ3) is 2.03. The molecular formula is C14H15NO2. The fourth-order valence-electron chi connectivity index (χ4n) is 2.58. The van der Waals surface area contributed by atoms with Crippen molar-refractivity contribution in [3.63, 3.8) is 0 Å². The minimum Gasteiger partial charge on any atom is -0.469 e. The average molecular weight is 229 g/mol. The Labute approximate surface area is 101 Å². The first-order valence-electron chi connectivity index (χ1n) is 5.69. The molecule has 0 saturated carbocycles. The molecule has 2 rings (SSSR count). The zero-order valence-corrected chi connectivity index (χ0v) is 10.1. The maximum absolute atomic E-state index is 11.4. The number of methoxy groups -OCH3 is 1. The number of carbonyl (C=O) groups is 1. The van der Waals surface area contributed by atoms with Crippen LogP contribution in [0.3, 0.4) is 0 Å². The number of fused-ring (bicyclic) bond motifs is 1. The minimum absolute atomic E-state index is 0.142. The average Bonchev–Trinajstić information content (AvgIpc) is 2.66. The van der Waals surface area contributed by atoms with Crippen LogP contribution in [0.4, 0.5) is 0 Å². The second-order valence-corrected chi connectivity index (χ2v) is 4.80. The Balaban J connectivity index is 2.33. The van der Waals surface area contributed by atoms with E-state index in [1.165, 1.54) is 18.2 Å². The van der Waals surface area contributed by atoms with E-state index in [1.54, 1.807) is 0 Å². The van der Waals surface area contributed by atoms with Gasteiger partial charge in [-0.2, -0.15) is 5.26 Å². The molecule has 17 heavy (non-hydrogen) atoms. The van der Waals surface area contributed by atoms with E-state index in [0.29, 0.717) is 12.0 Å². The molecule has 0 radical (unpaired) electrons. The summed E-state index contributed by atoms with van der Waals surface area (Å²) in [4.78, 5) is 11.4. The van der Waals surface area contributed by atoms with E-state index < -0.39 is 0 Å². The SMILES string of the molecule is COC(=O)C[C@@]1(C)CCc2cc(C#N)ccc21. The molecule has 3 nitrogen and oxygen atoms in total. The van der Waals surface area contributed by atoms with Crippen molar-refractivity contribution >= 4 is 5.97 Å². The van der Waals surface area contributed by atoms with Crippen LogP contribution in [-0.2, 0) is 21.4 Å². The van der Waals surface area contributed by atoms with Gasteiger partial charge in [0.15, 0.2) is 0 Å². The van der Waals surface area contributed by atoms with Gasteiger partial charge in [0.1, 0.15) is 0 Å². The molecule has 0 unspecified atom stereocenters. The van der Waals surface area contributed by atoms with Gasteiger partial charge >= 0.3 is 5.97 Å². The number of benzene rings is 1. The van der Waals surface area contributed by atoms with Gasteiger partial charge in [-0.25, -0.2) is 0 Å². The Morgan fingerprint density at radius 3 is 3.00 bits per heavy atom. The normalized spacial score (nSPS) is 21.7. The molecule has 0 amide bonds. The summed E-state index contributed by atoms with van der Waals surface area (Å²) >= 11 is 0. The molecule has 1 aromatic carbocycles. The van der Waals surface area contributed by atoms with Gasteiger partial charge in [0.05, 0.1) is 25.2 Å². The lowest BCUT2D eigenvalue weighted by atomic mass is 9.81. The molecule has 0 N–H and O–H groups in total. The molecule has 0 aromatic heterocycles. The number of rotatable bonds is 2.